The van der Waals surface area contributed by atoms with Gasteiger partial charge in [-0.2, -0.15) is 0 Å². The first-order chi connectivity index (χ1) is 9.07. The van der Waals surface area contributed by atoms with Crippen LogP contribution in [0.1, 0.15) is 13.8 Å². The van der Waals surface area contributed by atoms with Gasteiger partial charge >= 0.3 is 0 Å². The van der Waals surface area contributed by atoms with Crippen molar-refractivity contribution in [2.45, 2.75) is 32.0 Å². The zero-order chi connectivity index (χ0) is 14.1. The molecule has 0 spiro atoms. The topological polar surface area (TPSA) is 86.6 Å². The van der Waals surface area contributed by atoms with Crippen LogP contribution in [-0.2, 0) is 23.7 Å². The molecule has 0 bridgehead atoms. The fourth-order valence-corrected chi connectivity index (χ4v) is 1.62. The molecule has 2 unspecified atom stereocenters. The van der Waals surface area contributed by atoms with Crippen molar-refractivity contribution in [3.8, 4) is 0 Å². The molecule has 1 saturated heterocycles. The lowest BCUT2D eigenvalue weighted by Gasteiger charge is -2.20. The molecule has 0 aromatic carbocycles. The van der Waals surface area contributed by atoms with Crippen molar-refractivity contribution in [3.05, 3.63) is 0 Å². The van der Waals surface area contributed by atoms with E-state index in [1.807, 2.05) is 13.8 Å². The van der Waals surface area contributed by atoms with Crippen LogP contribution in [0, 0.1) is 0 Å². The van der Waals surface area contributed by atoms with Gasteiger partial charge in [0, 0.05) is 0 Å². The lowest BCUT2D eigenvalue weighted by Crippen LogP contribution is -2.30. The van der Waals surface area contributed by atoms with Crippen LogP contribution < -0.4 is 0 Å². The molecule has 1 fully saturated rings. The molecular weight excluding hydrogens is 256 g/mol. The SMILES string of the molecule is CC1(C)OCC(COC(CO)OCCOCCO)O1. The maximum absolute atomic E-state index is 9.10. The number of hydrogen-bond acceptors (Lipinski definition) is 7. The first-order valence-electron chi connectivity index (χ1n) is 6.42. The van der Waals surface area contributed by atoms with Gasteiger partial charge in [-0.3, -0.25) is 0 Å². The molecule has 2 N–H and O–H groups in total. The summed E-state index contributed by atoms with van der Waals surface area (Å²) in [5.41, 5.74) is 0. The predicted molar refractivity (Wildman–Crippen MR) is 65.6 cm³/mol. The van der Waals surface area contributed by atoms with Gasteiger partial charge in [0.2, 0.25) is 0 Å². The van der Waals surface area contributed by atoms with E-state index in [2.05, 4.69) is 0 Å². The quantitative estimate of drug-likeness (QED) is 0.412. The van der Waals surface area contributed by atoms with Gasteiger partial charge in [-0.15, -0.1) is 0 Å². The molecule has 1 aliphatic rings. The Morgan fingerprint density at radius 2 is 2.00 bits per heavy atom. The molecule has 0 amide bonds. The summed E-state index contributed by atoms with van der Waals surface area (Å²) in [6.45, 7) is 5.09. The molecular formula is C12H24O7. The molecule has 1 rings (SSSR count). The van der Waals surface area contributed by atoms with E-state index in [1.165, 1.54) is 0 Å². The molecule has 0 aliphatic carbocycles. The van der Waals surface area contributed by atoms with Crippen LogP contribution in [0.5, 0.6) is 0 Å². The van der Waals surface area contributed by atoms with Crippen LogP contribution in [-0.4, -0.2) is 74.6 Å². The fraction of sp³-hybridized carbons (Fsp3) is 1.00. The number of hydrogen-bond donors (Lipinski definition) is 2. The van der Waals surface area contributed by atoms with E-state index in [1.54, 1.807) is 0 Å². The van der Waals surface area contributed by atoms with E-state index in [0.717, 1.165) is 0 Å². The van der Waals surface area contributed by atoms with Crippen LogP contribution in [0.25, 0.3) is 0 Å². The predicted octanol–water partition coefficient (Wildman–Crippen LogP) is -0.502. The maximum Gasteiger partial charge on any atom is 0.180 e. The van der Waals surface area contributed by atoms with Gasteiger partial charge < -0.3 is 33.9 Å². The summed E-state index contributed by atoms with van der Waals surface area (Å²) in [5.74, 6) is -0.582. The molecule has 0 saturated carbocycles. The molecule has 0 aromatic heterocycles. The Labute approximate surface area is 113 Å². The lowest BCUT2D eigenvalue weighted by molar-refractivity contribution is -0.193. The number of aliphatic hydroxyl groups is 2. The molecule has 1 heterocycles. The number of ether oxygens (including phenoxy) is 5. The average Bonchev–Trinajstić information content (AvgIpc) is 2.72. The number of aliphatic hydroxyl groups excluding tert-OH is 2. The highest BCUT2D eigenvalue weighted by Crippen LogP contribution is 2.22. The third-order valence-electron chi connectivity index (χ3n) is 2.45. The molecule has 7 heteroatoms. The Morgan fingerprint density at radius 1 is 1.21 bits per heavy atom. The maximum atomic E-state index is 9.10. The van der Waals surface area contributed by atoms with Crippen molar-refractivity contribution in [3.63, 3.8) is 0 Å². The summed E-state index contributed by atoms with van der Waals surface area (Å²) in [4.78, 5) is 0. The smallest absolute Gasteiger partial charge is 0.180 e. The molecule has 2 atom stereocenters. The van der Waals surface area contributed by atoms with Crippen LogP contribution in [0.3, 0.4) is 0 Å². The fourth-order valence-electron chi connectivity index (χ4n) is 1.62. The number of rotatable bonds is 10. The second-order valence-electron chi connectivity index (χ2n) is 4.60. The van der Waals surface area contributed by atoms with Crippen LogP contribution >= 0.6 is 0 Å². The van der Waals surface area contributed by atoms with Crippen molar-refractivity contribution in [2.75, 3.05) is 46.2 Å². The minimum atomic E-state index is -0.704. The normalized spacial score (nSPS) is 23.7. The van der Waals surface area contributed by atoms with Crippen molar-refractivity contribution >= 4 is 0 Å². The Kier molecular flexibility index (Phi) is 7.77. The second kappa shape index (κ2) is 8.80. The highest BCUT2D eigenvalue weighted by atomic mass is 16.8. The first kappa shape index (κ1) is 16.8. The Balaban J connectivity index is 2.08. The monoisotopic (exact) mass is 280 g/mol. The molecule has 7 nitrogen and oxygen atoms in total. The minimum Gasteiger partial charge on any atom is -0.394 e. The van der Waals surface area contributed by atoms with E-state index in [9.17, 15) is 0 Å². The van der Waals surface area contributed by atoms with Gasteiger partial charge in [0.25, 0.3) is 0 Å². The van der Waals surface area contributed by atoms with E-state index >= 15 is 0 Å². The minimum absolute atomic E-state index is 0.0191. The Bertz CT molecular complexity index is 234. The van der Waals surface area contributed by atoms with E-state index in [0.29, 0.717) is 26.4 Å². The summed E-state index contributed by atoms with van der Waals surface area (Å²) < 4.78 is 26.7. The van der Waals surface area contributed by atoms with E-state index in [4.69, 9.17) is 33.9 Å². The molecule has 114 valence electrons. The zero-order valence-electron chi connectivity index (χ0n) is 11.5. The van der Waals surface area contributed by atoms with Crippen molar-refractivity contribution in [2.24, 2.45) is 0 Å². The summed E-state index contributed by atoms with van der Waals surface area (Å²) in [7, 11) is 0. The van der Waals surface area contributed by atoms with Gasteiger partial charge in [0.05, 0.1) is 46.2 Å². The summed E-state index contributed by atoms with van der Waals surface area (Å²) >= 11 is 0. The lowest BCUT2D eigenvalue weighted by atomic mass is 10.4. The summed E-state index contributed by atoms with van der Waals surface area (Å²) in [6.07, 6.45) is -0.858. The summed E-state index contributed by atoms with van der Waals surface area (Å²) in [5, 5.41) is 17.6. The highest BCUT2D eigenvalue weighted by molar-refractivity contribution is 4.70. The van der Waals surface area contributed by atoms with Crippen LogP contribution in [0.4, 0.5) is 0 Å². The molecule has 19 heavy (non-hydrogen) atoms. The first-order valence-corrected chi connectivity index (χ1v) is 6.42. The largest absolute Gasteiger partial charge is 0.394 e. The third-order valence-corrected chi connectivity index (χ3v) is 2.45. The van der Waals surface area contributed by atoms with Gasteiger partial charge in [-0.1, -0.05) is 0 Å². The summed E-state index contributed by atoms with van der Waals surface area (Å²) in [6, 6.07) is 0. The Hall–Kier alpha value is -0.280. The Morgan fingerprint density at radius 3 is 2.58 bits per heavy atom. The third kappa shape index (κ3) is 7.17. The average molecular weight is 280 g/mol. The standard InChI is InChI=1S/C12H24O7/c1-12(2)18-9-10(19-12)8-17-11(7-14)16-6-5-15-4-3-13/h10-11,13-14H,3-9H2,1-2H3. The second-order valence-corrected chi connectivity index (χ2v) is 4.60. The zero-order valence-corrected chi connectivity index (χ0v) is 11.5. The van der Waals surface area contributed by atoms with Gasteiger partial charge in [0.15, 0.2) is 12.1 Å². The van der Waals surface area contributed by atoms with E-state index < -0.39 is 12.1 Å². The molecule has 0 aromatic rings. The van der Waals surface area contributed by atoms with Crippen LogP contribution in [0.2, 0.25) is 0 Å². The van der Waals surface area contributed by atoms with Gasteiger partial charge in [-0.25, -0.2) is 0 Å². The van der Waals surface area contributed by atoms with Crippen molar-refractivity contribution in [1.82, 2.24) is 0 Å². The van der Waals surface area contributed by atoms with Gasteiger partial charge in [-0.05, 0) is 13.8 Å². The van der Waals surface area contributed by atoms with Gasteiger partial charge in [0.1, 0.15) is 6.10 Å². The van der Waals surface area contributed by atoms with Crippen molar-refractivity contribution < 1.29 is 33.9 Å². The highest BCUT2D eigenvalue weighted by Gasteiger charge is 2.33. The van der Waals surface area contributed by atoms with E-state index in [-0.39, 0.29) is 25.9 Å². The molecule has 1 aliphatic heterocycles. The van der Waals surface area contributed by atoms with Crippen LogP contribution in [0.15, 0.2) is 0 Å². The molecule has 0 radical (unpaired) electrons. The van der Waals surface area contributed by atoms with Crippen molar-refractivity contribution in [1.29, 1.82) is 0 Å².